The second-order valence-electron chi connectivity index (χ2n) is 3.45. The summed E-state index contributed by atoms with van der Waals surface area (Å²) in [5.74, 6) is 0. The van der Waals surface area contributed by atoms with Gasteiger partial charge in [-0.2, -0.15) is 0 Å². The summed E-state index contributed by atoms with van der Waals surface area (Å²) in [4.78, 5) is 5.32. The number of hydrogen-bond donors (Lipinski definition) is 0. The molecule has 0 spiro atoms. The van der Waals surface area contributed by atoms with Crippen molar-refractivity contribution >= 4 is 5.71 Å². The van der Waals surface area contributed by atoms with Crippen molar-refractivity contribution in [3.63, 3.8) is 0 Å². The van der Waals surface area contributed by atoms with Crippen molar-refractivity contribution in [3.8, 4) is 0 Å². The van der Waals surface area contributed by atoms with Gasteiger partial charge in [0.05, 0.1) is 12.3 Å². The van der Waals surface area contributed by atoms with Crippen molar-refractivity contribution in [1.29, 1.82) is 0 Å². The van der Waals surface area contributed by atoms with Gasteiger partial charge in [0.25, 0.3) is 0 Å². The van der Waals surface area contributed by atoms with Crippen molar-refractivity contribution in [2.24, 2.45) is 5.16 Å². The third-order valence-electron chi connectivity index (χ3n) is 2.23. The van der Waals surface area contributed by atoms with E-state index in [0.29, 0.717) is 0 Å². The van der Waals surface area contributed by atoms with E-state index in [-0.39, 0.29) is 6.10 Å². The summed E-state index contributed by atoms with van der Waals surface area (Å²) in [6, 6.07) is 0. The molecule has 3 nitrogen and oxygen atoms in total. The average molecular weight is 185 g/mol. The highest BCUT2D eigenvalue weighted by Gasteiger charge is 2.06. The zero-order chi connectivity index (χ0) is 9.52. The van der Waals surface area contributed by atoms with Crippen LogP contribution >= 0.6 is 0 Å². The monoisotopic (exact) mass is 185 g/mol. The minimum absolute atomic E-state index is 0.233. The molecule has 1 saturated heterocycles. The van der Waals surface area contributed by atoms with Gasteiger partial charge in [0, 0.05) is 13.0 Å². The second kappa shape index (κ2) is 5.97. The maximum atomic E-state index is 5.32. The largest absolute Gasteiger partial charge is 0.393 e. The van der Waals surface area contributed by atoms with E-state index in [4.69, 9.17) is 9.57 Å². The Morgan fingerprint density at radius 2 is 2.31 bits per heavy atom. The molecular weight excluding hydrogens is 166 g/mol. The van der Waals surface area contributed by atoms with E-state index in [1.54, 1.807) is 0 Å². The minimum Gasteiger partial charge on any atom is -0.393 e. The fraction of sp³-hybridized carbons (Fsp3) is 0.900. The summed E-state index contributed by atoms with van der Waals surface area (Å²) in [6.45, 7) is 5.80. The van der Waals surface area contributed by atoms with Gasteiger partial charge >= 0.3 is 0 Å². The molecule has 0 radical (unpaired) electrons. The summed E-state index contributed by atoms with van der Waals surface area (Å²) < 4.78 is 5.32. The number of nitrogens with zero attached hydrogens (tertiary/aromatic N) is 1. The quantitative estimate of drug-likeness (QED) is 0.632. The Hall–Kier alpha value is -0.570. The van der Waals surface area contributed by atoms with Gasteiger partial charge in [-0.1, -0.05) is 12.1 Å². The van der Waals surface area contributed by atoms with Crippen LogP contribution in [0.3, 0.4) is 0 Å². The van der Waals surface area contributed by atoms with Crippen molar-refractivity contribution < 1.29 is 9.57 Å². The molecule has 1 unspecified atom stereocenters. The fourth-order valence-corrected chi connectivity index (χ4v) is 1.13. The number of rotatable bonds is 3. The van der Waals surface area contributed by atoms with E-state index in [0.717, 1.165) is 44.6 Å². The van der Waals surface area contributed by atoms with Crippen LogP contribution in [-0.4, -0.2) is 25.0 Å². The first kappa shape index (κ1) is 10.5. The maximum Gasteiger partial charge on any atom is 0.124 e. The summed E-state index contributed by atoms with van der Waals surface area (Å²) >= 11 is 0. The molecule has 13 heavy (non-hydrogen) atoms. The molecule has 0 N–H and O–H groups in total. The summed E-state index contributed by atoms with van der Waals surface area (Å²) in [7, 11) is 0. The molecule has 0 aromatic heterocycles. The van der Waals surface area contributed by atoms with Gasteiger partial charge in [-0.3, -0.25) is 0 Å². The lowest BCUT2D eigenvalue weighted by atomic mass is 10.2. The van der Waals surface area contributed by atoms with Crippen molar-refractivity contribution in [2.45, 2.75) is 45.6 Å². The highest BCUT2D eigenvalue weighted by Crippen LogP contribution is 2.06. The van der Waals surface area contributed by atoms with E-state index in [2.05, 4.69) is 12.1 Å². The van der Waals surface area contributed by atoms with E-state index < -0.39 is 0 Å². The zero-order valence-electron chi connectivity index (χ0n) is 8.58. The first-order valence-electron chi connectivity index (χ1n) is 5.12. The summed E-state index contributed by atoms with van der Waals surface area (Å²) in [6.07, 6.45) is 4.26. The molecule has 1 aliphatic rings. The van der Waals surface area contributed by atoms with E-state index >= 15 is 0 Å². The van der Waals surface area contributed by atoms with Crippen LogP contribution in [0.15, 0.2) is 5.16 Å². The molecule has 1 heterocycles. The first-order valence-corrected chi connectivity index (χ1v) is 5.12. The molecule has 3 heteroatoms. The number of oxime groups is 1. The van der Waals surface area contributed by atoms with Crippen LogP contribution in [0.2, 0.25) is 0 Å². The van der Waals surface area contributed by atoms with Crippen LogP contribution in [0.1, 0.15) is 39.5 Å². The molecule has 0 bridgehead atoms. The van der Waals surface area contributed by atoms with Crippen LogP contribution in [0.25, 0.3) is 0 Å². The second-order valence-corrected chi connectivity index (χ2v) is 3.45. The molecule has 76 valence electrons. The van der Waals surface area contributed by atoms with Gasteiger partial charge in [0.15, 0.2) is 0 Å². The Bertz CT molecular complexity index is 158. The average Bonchev–Trinajstić information content (AvgIpc) is 2.42. The molecule has 0 aromatic carbocycles. The SMILES string of the molecule is CCC(C)O/N=C1\CCCOCC1. The standard InChI is InChI=1S/C10H19NO2/c1-3-9(2)13-11-10-5-4-7-12-8-6-10/h9H,3-8H2,1-2H3/b11-10+. The van der Waals surface area contributed by atoms with Gasteiger partial charge in [0.1, 0.15) is 6.10 Å². The molecule has 1 rings (SSSR count). The van der Waals surface area contributed by atoms with Gasteiger partial charge in [-0.25, -0.2) is 0 Å². The van der Waals surface area contributed by atoms with Crippen molar-refractivity contribution in [2.75, 3.05) is 13.2 Å². The van der Waals surface area contributed by atoms with Crippen LogP contribution in [0.5, 0.6) is 0 Å². The van der Waals surface area contributed by atoms with Gasteiger partial charge < -0.3 is 9.57 Å². The molecule has 0 aromatic rings. The van der Waals surface area contributed by atoms with Crippen LogP contribution in [0.4, 0.5) is 0 Å². The van der Waals surface area contributed by atoms with Crippen LogP contribution in [-0.2, 0) is 9.57 Å². The highest BCUT2D eigenvalue weighted by atomic mass is 16.6. The molecule has 0 amide bonds. The predicted molar refractivity (Wildman–Crippen MR) is 52.9 cm³/mol. The first-order chi connectivity index (χ1) is 6.33. The molecule has 0 saturated carbocycles. The summed E-state index contributed by atoms with van der Waals surface area (Å²) in [5.41, 5.74) is 1.15. The van der Waals surface area contributed by atoms with Crippen LogP contribution < -0.4 is 0 Å². The minimum atomic E-state index is 0.233. The van der Waals surface area contributed by atoms with E-state index in [9.17, 15) is 0 Å². The van der Waals surface area contributed by atoms with Gasteiger partial charge in [-0.15, -0.1) is 0 Å². The van der Waals surface area contributed by atoms with Crippen LogP contribution in [0, 0.1) is 0 Å². The van der Waals surface area contributed by atoms with E-state index in [1.165, 1.54) is 0 Å². The lowest BCUT2D eigenvalue weighted by Crippen LogP contribution is -2.06. The Kier molecular flexibility index (Phi) is 4.83. The van der Waals surface area contributed by atoms with Gasteiger partial charge in [-0.05, 0) is 26.2 Å². The van der Waals surface area contributed by atoms with Gasteiger partial charge in [0.2, 0.25) is 0 Å². The molecule has 1 aliphatic heterocycles. The molecule has 1 atom stereocenters. The maximum absolute atomic E-state index is 5.32. The van der Waals surface area contributed by atoms with Crippen molar-refractivity contribution in [1.82, 2.24) is 0 Å². The third-order valence-corrected chi connectivity index (χ3v) is 2.23. The third kappa shape index (κ3) is 4.27. The topological polar surface area (TPSA) is 30.8 Å². The fourth-order valence-electron chi connectivity index (χ4n) is 1.13. The number of ether oxygens (including phenoxy) is 1. The normalized spacial score (nSPS) is 24.0. The van der Waals surface area contributed by atoms with E-state index in [1.807, 2.05) is 6.92 Å². The molecular formula is C10H19NO2. The van der Waals surface area contributed by atoms with Crippen molar-refractivity contribution in [3.05, 3.63) is 0 Å². The highest BCUT2D eigenvalue weighted by molar-refractivity contribution is 5.84. The summed E-state index contributed by atoms with van der Waals surface area (Å²) in [5, 5.41) is 4.15. The smallest absolute Gasteiger partial charge is 0.124 e. The Labute approximate surface area is 80.1 Å². The molecule has 1 fully saturated rings. The Morgan fingerprint density at radius 3 is 3.08 bits per heavy atom. The predicted octanol–water partition coefficient (Wildman–Crippen LogP) is 2.36. The Morgan fingerprint density at radius 1 is 1.46 bits per heavy atom. The lowest BCUT2D eigenvalue weighted by molar-refractivity contribution is 0.0688. The lowest BCUT2D eigenvalue weighted by Gasteiger charge is -2.07. The zero-order valence-corrected chi connectivity index (χ0v) is 8.58. The molecule has 0 aliphatic carbocycles. The Balaban J connectivity index is 2.30. The number of hydrogen-bond acceptors (Lipinski definition) is 3.